The molecule has 0 aliphatic heterocycles. The minimum atomic E-state index is -0.804. The van der Waals surface area contributed by atoms with Gasteiger partial charge in [0.15, 0.2) is 0 Å². The van der Waals surface area contributed by atoms with Gasteiger partial charge in [0.25, 0.3) is 5.91 Å². The van der Waals surface area contributed by atoms with Gasteiger partial charge in [-0.15, -0.1) is 10.2 Å². The molecule has 0 aliphatic carbocycles. The Morgan fingerprint density at radius 1 is 1.29 bits per heavy atom. The minimum Gasteiger partial charge on any atom is -0.380 e. The molecule has 112 valence electrons. The van der Waals surface area contributed by atoms with Crippen molar-refractivity contribution >= 4 is 28.1 Å². The Balaban J connectivity index is 2.18. The van der Waals surface area contributed by atoms with Crippen LogP contribution in [0.1, 0.15) is 28.7 Å². The number of hydrogen-bond acceptors (Lipinski definition) is 5. The van der Waals surface area contributed by atoms with Crippen LogP contribution in [0.25, 0.3) is 0 Å². The number of rotatable bonds is 5. The van der Waals surface area contributed by atoms with Crippen molar-refractivity contribution in [2.75, 3.05) is 17.2 Å². The molecule has 1 aromatic carbocycles. The van der Waals surface area contributed by atoms with Crippen LogP contribution in [0.4, 0.5) is 19.6 Å². The molecule has 2 N–H and O–H groups in total. The zero-order valence-corrected chi connectivity index (χ0v) is 12.4. The molecule has 0 saturated heterocycles. The largest absolute Gasteiger partial charge is 0.380 e. The van der Waals surface area contributed by atoms with Gasteiger partial charge in [-0.1, -0.05) is 18.3 Å². The molecule has 0 unspecified atom stereocenters. The summed E-state index contributed by atoms with van der Waals surface area (Å²) in [5.74, 6) is -2.24. The Hall–Kier alpha value is -2.09. The predicted molar refractivity (Wildman–Crippen MR) is 77.7 cm³/mol. The SMILES string of the molecule is CCCNc1c(F)cc(C(=O)Nc2nnc(C)s2)cc1F. The summed E-state index contributed by atoms with van der Waals surface area (Å²) >= 11 is 1.18. The highest BCUT2D eigenvalue weighted by atomic mass is 32.1. The Labute approximate surface area is 124 Å². The molecule has 0 spiro atoms. The first kappa shape index (κ1) is 15.3. The first-order valence-electron chi connectivity index (χ1n) is 6.35. The van der Waals surface area contributed by atoms with Crippen LogP contribution in [0.15, 0.2) is 12.1 Å². The van der Waals surface area contributed by atoms with Crippen molar-refractivity contribution in [1.29, 1.82) is 0 Å². The molecule has 5 nitrogen and oxygen atoms in total. The molecule has 1 aromatic heterocycles. The Kier molecular flexibility index (Phi) is 4.79. The van der Waals surface area contributed by atoms with Crippen molar-refractivity contribution < 1.29 is 13.6 Å². The molecule has 0 atom stereocenters. The maximum atomic E-state index is 13.8. The van der Waals surface area contributed by atoms with Gasteiger partial charge in [0.05, 0.1) is 0 Å². The molecule has 2 aromatic rings. The van der Waals surface area contributed by atoms with Crippen LogP contribution in [-0.4, -0.2) is 22.6 Å². The van der Waals surface area contributed by atoms with E-state index in [1.165, 1.54) is 11.3 Å². The van der Waals surface area contributed by atoms with E-state index >= 15 is 0 Å². The number of halogens is 2. The minimum absolute atomic E-state index is 0.111. The van der Waals surface area contributed by atoms with Crippen molar-refractivity contribution in [3.63, 3.8) is 0 Å². The van der Waals surface area contributed by atoms with E-state index in [2.05, 4.69) is 20.8 Å². The maximum Gasteiger partial charge on any atom is 0.257 e. The van der Waals surface area contributed by atoms with Gasteiger partial charge in [0.1, 0.15) is 22.3 Å². The van der Waals surface area contributed by atoms with Crippen LogP contribution in [0.2, 0.25) is 0 Å². The summed E-state index contributed by atoms with van der Waals surface area (Å²) in [6, 6.07) is 1.98. The van der Waals surface area contributed by atoms with Gasteiger partial charge in [0, 0.05) is 12.1 Å². The second-order valence-corrected chi connectivity index (χ2v) is 5.50. The number of carbonyl (C=O) groups excluding carboxylic acids is 1. The first-order chi connectivity index (χ1) is 10.0. The Morgan fingerprint density at radius 3 is 2.48 bits per heavy atom. The summed E-state index contributed by atoms with van der Waals surface area (Å²) in [6.45, 7) is 4.07. The van der Waals surface area contributed by atoms with Crippen molar-refractivity contribution in [1.82, 2.24) is 10.2 Å². The highest BCUT2D eigenvalue weighted by Crippen LogP contribution is 2.22. The lowest BCUT2D eigenvalue weighted by molar-refractivity contribution is 0.102. The van der Waals surface area contributed by atoms with Crippen LogP contribution in [0.5, 0.6) is 0 Å². The average Bonchev–Trinajstić information content (AvgIpc) is 2.83. The highest BCUT2D eigenvalue weighted by molar-refractivity contribution is 7.15. The topological polar surface area (TPSA) is 66.9 Å². The molecule has 0 aliphatic rings. The Morgan fingerprint density at radius 2 is 1.95 bits per heavy atom. The van der Waals surface area contributed by atoms with E-state index in [0.29, 0.717) is 11.6 Å². The van der Waals surface area contributed by atoms with Crippen LogP contribution in [0.3, 0.4) is 0 Å². The number of benzene rings is 1. The number of amides is 1. The number of hydrogen-bond donors (Lipinski definition) is 2. The third-order valence-corrected chi connectivity index (χ3v) is 3.36. The van der Waals surface area contributed by atoms with Gasteiger partial charge in [-0.05, 0) is 25.5 Å². The van der Waals surface area contributed by atoms with Crippen molar-refractivity contribution in [3.8, 4) is 0 Å². The van der Waals surface area contributed by atoms with Crippen molar-refractivity contribution in [3.05, 3.63) is 34.3 Å². The molecule has 0 saturated carbocycles. The van der Waals surface area contributed by atoms with Crippen molar-refractivity contribution in [2.24, 2.45) is 0 Å². The second kappa shape index (κ2) is 6.57. The molecule has 0 fully saturated rings. The van der Waals surface area contributed by atoms with E-state index in [4.69, 9.17) is 0 Å². The van der Waals surface area contributed by atoms with E-state index in [-0.39, 0.29) is 16.4 Å². The van der Waals surface area contributed by atoms with Gasteiger partial charge < -0.3 is 5.32 Å². The van der Waals surface area contributed by atoms with E-state index < -0.39 is 17.5 Å². The molecule has 2 rings (SSSR count). The zero-order valence-electron chi connectivity index (χ0n) is 11.5. The monoisotopic (exact) mass is 312 g/mol. The van der Waals surface area contributed by atoms with Crippen LogP contribution < -0.4 is 10.6 Å². The highest BCUT2D eigenvalue weighted by Gasteiger charge is 2.16. The lowest BCUT2D eigenvalue weighted by atomic mass is 10.1. The standard InChI is InChI=1S/C13H14F2N4OS/c1-3-4-16-11-9(14)5-8(6-10(11)15)12(20)17-13-19-18-7(2)21-13/h5-6,16H,3-4H2,1-2H3,(H,17,19,20). The van der Waals surface area contributed by atoms with Gasteiger partial charge in [-0.3, -0.25) is 10.1 Å². The molecule has 0 radical (unpaired) electrons. The summed E-state index contributed by atoms with van der Waals surface area (Å²) < 4.78 is 27.7. The summed E-state index contributed by atoms with van der Waals surface area (Å²) in [7, 11) is 0. The van der Waals surface area contributed by atoms with Gasteiger partial charge in [0.2, 0.25) is 5.13 Å². The number of aromatic nitrogens is 2. The lowest BCUT2D eigenvalue weighted by Crippen LogP contribution is -2.14. The van der Waals surface area contributed by atoms with Crippen LogP contribution >= 0.6 is 11.3 Å². The zero-order chi connectivity index (χ0) is 15.4. The summed E-state index contributed by atoms with van der Waals surface area (Å²) in [4.78, 5) is 11.9. The number of nitrogens with zero attached hydrogens (tertiary/aromatic N) is 2. The summed E-state index contributed by atoms with van der Waals surface area (Å²) in [5.41, 5.74) is -0.333. The van der Waals surface area contributed by atoms with E-state index in [0.717, 1.165) is 18.6 Å². The third-order valence-electron chi connectivity index (χ3n) is 2.60. The lowest BCUT2D eigenvalue weighted by Gasteiger charge is -2.09. The molecular weight excluding hydrogens is 298 g/mol. The van der Waals surface area contributed by atoms with E-state index in [1.807, 2.05) is 6.92 Å². The molecule has 1 amide bonds. The van der Waals surface area contributed by atoms with Gasteiger partial charge in [-0.25, -0.2) is 8.78 Å². The third kappa shape index (κ3) is 3.72. The van der Waals surface area contributed by atoms with Crippen LogP contribution in [0, 0.1) is 18.6 Å². The molecule has 8 heteroatoms. The maximum absolute atomic E-state index is 13.8. The average molecular weight is 312 g/mol. The fraction of sp³-hybridized carbons (Fsp3) is 0.308. The second-order valence-electron chi connectivity index (χ2n) is 4.32. The van der Waals surface area contributed by atoms with Crippen molar-refractivity contribution in [2.45, 2.75) is 20.3 Å². The normalized spacial score (nSPS) is 10.5. The van der Waals surface area contributed by atoms with Gasteiger partial charge in [-0.2, -0.15) is 0 Å². The predicted octanol–water partition coefficient (Wildman–Crippen LogP) is 3.20. The van der Waals surface area contributed by atoms with E-state index in [9.17, 15) is 13.6 Å². The number of aryl methyl sites for hydroxylation is 1. The molecule has 21 heavy (non-hydrogen) atoms. The quantitative estimate of drug-likeness (QED) is 0.890. The fourth-order valence-electron chi connectivity index (χ4n) is 1.64. The Bertz CT molecular complexity index is 636. The van der Waals surface area contributed by atoms with Gasteiger partial charge >= 0.3 is 0 Å². The first-order valence-corrected chi connectivity index (χ1v) is 7.17. The smallest absolute Gasteiger partial charge is 0.257 e. The van der Waals surface area contributed by atoms with E-state index in [1.54, 1.807) is 6.92 Å². The summed E-state index contributed by atoms with van der Waals surface area (Å²) in [5, 5.41) is 13.5. The molecular formula is C13H14F2N4OS. The van der Waals surface area contributed by atoms with Crippen LogP contribution in [-0.2, 0) is 0 Å². The molecule has 1 heterocycles. The molecule has 0 bridgehead atoms. The number of nitrogens with one attached hydrogen (secondary N) is 2. The summed E-state index contributed by atoms with van der Waals surface area (Å²) in [6.07, 6.45) is 0.734. The number of carbonyl (C=O) groups is 1. The fourth-order valence-corrected chi connectivity index (χ4v) is 2.23. The number of anilines is 2.